The van der Waals surface area contributed by atoms with Crippen LogP contribution in [0.2, 0.25) is 0 Å². The molecule has 3 nitrogen and oxygen atoms in total. The van der Waals surface area contributed by atoms with Crippen LogP contribution in [0.3, 0.4) is 0 Å². The van der Waals surface area contributed by atoms with Crippen molar-refractivity contribution in [1.29, 1.82) is 0 Å². The number of aliphatic hydroxyl groups is 1. The summed E-state index contributed by atoms with van der Waals surface area (Å²) >= 11 is 0. The highest BCUT2D eigenvalue weighted by Crippen LogP contribution is 2.36. The summed E-state index contributed by atoms with van der Waals surface area (Å²) in [5, 5.41) is 14.1. The van der Waals surface area contributed by atoms with E-state index in [0.29, 0.717) is 6.61 Å². The molecule has 0 amide bonds. The molecule has 2 N–H and O–H groups in total. The number of ether oxygens (including phenoxy) is 1. The van der Waals surface area contributed by atoms with Gasteiger partial charge in [0.15, 0.2) is 0 Å². The first-order chi connectivity index (χ1) is 9.55. The molecule has 1 aromatic carbocycles. The highest BCUT2D eigenvalue weighted by Gasteiger charge is 2.40. The molecule has 3 heteroatoms. The molecule has 1 aliphatic rings. The minimum absolute atomic E-state index is 0.160. The van der Waals surface area contributed by atoms with E-state index in [0.717, 1.165) is 38.8 Å². The molecule has 2 rings (SSSR count). The Balaban J connectivity index is 1.75. The number of rotatable bonds is 6. The van der Waals surface area contributed by atoms with Gasteiger partial charge in [-0.05, 0) is 38.3 Å². The molecule has 0 radical (unpaired) electrons. The third-order valence-corrected chi connectivity index (χ3v) is 4.41. The molecule has 1 heterocycles. The Kier molecular flexibility index (Phi) is 5.19. The van der Waals surface area contributed by atoms with Crippen LogP contribution < -0.4 is 5.32 Å². The van der Waals surface area contributed by atoms with Crippen molar-refractivity contribution in [3.05, 3.63) is 35.9 Å². The van der Waals surface area contributed by atoms with Gasteiger partial charge < -0.3 is 15.2 Å². The van der Waals surface area contributed by atoms with Crippen LogP contribution in [0.25, 0.3) is 0 Å². The molecule has 20 heavy (non-hydrogen) atoms. The van der Waals surface area contributed by atoms with Gasteiger partial charge in [0.1, 0.15) is 0 Å². The average molecular weight is 277 g/mol. The van der Waals surface area contributed by atoms with Crippen LogP contribution in [-0.4, -0.2) is 29.5 Å². The molecular formula is C17H27NO2. The minimum Gasteiger partial charge on any atom is -0.390 e. The summed E-state index contributed by atoms with van der Waals surface area (Å²) in [4.78, 5) is 0. The first-order valence-corrected chi connectivity index (χ1v) is 7.66. The maximum atomic E-state index is 10.7. The highest BCUT2D eigenvalue weighted by molar-refractivity contribution is 5.14. The fraction of sp³-hybridized carbons (Fsp3) is 0.647. The van der Waals surface area contributed by atoms with E-state index in [-0.39, 0.29) is 5.60 Å². The van der Waals surface area contributed by atoms with Crippen LogP contribution in [0.15, 0.2) is 30.3 Å². The third-order valence-electron chi connectivity index (χ3n) is 4.41. The van der Waals surface area contributed by atoms with E-state index in [1.165, 1.54) is 5.56 Å². The Morgan fingerprint density at radius 2 is 2.05 bits per heavy atom. The zero-order chi connectivity index (χ0) is 14.5. The summed E-state index contributed by atoms with van der Waals surface area (Å²) in [5.74, 6) is 0. The molecule has 0 bridgehead atoms. The normalized spacial score (nSPS) is 30.4. The third kappa shape index (κ3) is 4.30. The quantitative estimate of drug-likeness (QED) is 0.786. The van der Waals surface area contributed by atoms with Crippen LogP contribution in [0, 0.1) is 0 Å². The SMILES string of the molecule is CC[C@@]1(C)C[C@](O)(CCNCc2ccccc2)CCO1. The standard InChI is InChI=1S/C17H27NO2/c1-3-16(2)14-17(19,10-12-20-16)9-11-18-13-15-7-5-4-6-8-15/h4-8,18-19H,3,9-14H2,1-2H3/t16-,17-/m0/s1. The van der Waals surface area contributed by atoms with E-state index in [1.54, 1.807) is 0 Å². The summed E-state index contributed by atoms with van der Waals surface area (Å²) in [5.41, 5.74) is 0.545. The lowest BCUT2D eigenvalue weighted by molar-refractivity contribution is -0.155. The van der Waals surface area contributed by atoms with Gasteiger partial charge in [-0.3, -0.25) is 0 Å². The minimum atomic E-state index is -0.577. The van der Waals surface area contributed by atoms with Gasteiger partial charge in [-0.2, -0.15) is 0 Å². The fourth-order valence-corrected chi connectivity index (χ4v) is 2.91. The van der Waals surface area contributed by atoms with Gasteiger partial charge in [0, 0.05) is 13.0 Å². The topological polar surface area (TPSA) is 41.5 Å². The van der Waals surface area contributed by atoms with Gasteiger partial charge in [0.05, 0.1) is 17.8 Å². The van der Waals surface area contributed by atoms with Gasteiger partial charge in [-0.25, -0.2) is 0 Å². The molecule has 1 fully saturated rings. The van der Waals surface area contributed by atoms with Crippen molar-refractivity contribution >= 4 is 0 Å². The Hall–Kier alpha value is -0.900. The summed E-state index contributed by atoms with van der Waals surface area (Å²) in [6, 6.07) is 10.4. The maximum Gasteiger partial charge on any atom is 0.0709 e. The number of hydrogen-bond donors (Lipinski definition) is 2. The molecule has 0 aromatic heterocycles. The van der Waals surface area contributed by atoms with Crippen LogP contribution in [0.1, 0.15) is 45.1 Å². The van der Waals surface area contributed by atoms with Crippen molar-refractivity contribution in [2.75, 3.05) is 13.2 Å². The molecule has 1 aromatic rings. The van der Waals surface area contributed by atoms with Crippen molar-refractivity contribution < 1.29 is 9.84 Å². The van der Waals surface area contributed by atoms with E-state index in [2.05, 4.69) is 43.4 Å². The van der Waals surface area contributed by atoms with E-state index in [9.17, 15) is 5.11 Å². The Morgan fingerprint density at radius 3 is 2.75 bits per heavy atom. The summed E-state index contributed by atoms with van der Waals surface area (Å²) in [6.07, 6.45) is 3.23. The number of hydrogen-bond acceptors (Lipinski definition) is 3. The van der Waals surface area contributed by atoms with Crippen molar-refractivity contribution in [3.63, 3.8) is 0 Å². The van der Waals surface area contributed by atoms with E-state index < -0.39 is 5.60 Å². The number of nitrogens with one attached hydrogen (secondary N) is 1. The van der Waals surface area contributed by atoms with E-state index in [4.69, 9.17) is 4.74 Å². The fourth-order valence-electron chi connectivity index (χ4n) is 2.91. The predicted octanol–water partition coefficient (Wildman–Crippen LogP) is 2.88. The van der Waals surface area contributed by atoms with Gasteiger partial charge >= 0.3 is 0 Å². The largest absolute Gasteiger partial charge is 0.390 e. The van der Waals surface area contributed by atoms with Gasteiger partial charge in [0.2, 0.25) is 0 Å². The van der Waals surface area contributed by atoms with Crippen molar-refractivity contribution in [2.45, 2.75) is 57.3 Å². The lowest BCUT2D eigenvalue weighted by atomic mass is 9.80. The zero-order valence-corrected chi connectivity index (χ0v) is 12.7. The monoisotopic (exact) mass is 277 g/mol. The molecule has 0 saturated carbocycles. The zero-order valence-electron chi connectivity index (χ0n) is 12.7. The van der Waals surface area contributed by atoms with Crippen molar-refractivity contribution in [1.82, 2.24) is 5.32 Å². The van der Waals surface area contributed by atoms with Crippen molar-refractivity contribution in [2.24, 2.45) is 0 Å². The van der Waals surface area contributed by atoms with Crippen LogP contribution in [0.5, 0.6) is 0 Å². The molecule has 0 aliphatic carbocycles. The summed E-state index contributed by atoms with van der Waals surface area (Å²) < 4.78 is 5.81. The summed E-state index contributed by atoms with van der Waals surface area (Å²) in [7, 11) is 0. The van der Waals surface area contributed by atoms with Gasteiger partial charge in [0.25, 0.3) is 0 Å². The van der Waals surface area contributed by atoms with E-state index >= 15 is 0 Å². The predicted molar refractivity (Wildman–Crippen MR) is 81.6 cm³/mol. The van der Waals surface area contributed by atoms with Gasteiger partial charge in [-0.1, -0.05) is 37.3 Å². The lowest BCUT2D eigenvalue weighted by Crippen LogP contribution is -2.48. The molecule has 0 unspecified atom stereocenters. The van der Waals surface area contributed by atoms with Crippen LogP contribution in [0.4, 0.5) is 0 Å². The van der Waals surface area contributed by atoms with E-state index in [1.807, 2.05) is 6.07 Å². The molecule has 112 valence electrons. The first-order valence-electron chi connectivity index (χ1n) is 7.66. The second kappa shape index (κ2) is 6.70. The number of benzene rings is 1. The van der Waals surface area contributed by atoms with Gasteiger partial charge in [-0.15, -0.1) is 0 Å². The smallest absolute Gasteiger partial charge is 0.0709 e. The molecular weight excluding hydrogens is 250 g/mol. The second-order valence-electron chi connectivity index (χ2n) is 6.22. The second-order valence-corrected chi connectivity index (χ2v) is 6.22. The lowest BCUT2D eigenvalue weighted by Gasteiger charge is -2.43. The Labute approximate surface area is 122 Å². The summed E-state index contributed by atoms with van der Waals surface area (Å²) in [6.45, 7) is 6.59. The molecule has 1 saturated heterocycles. The first kappa shape index (κ1) is 15.5. The molecule has 2 atom stereocenters. The molecule has 0 spiro atoms. The maximum absolute atomic E-state index is 10.7. The van der Waals surface area contributed by atoms with Crippen LogP contribution >= 0.6 is 0 Å². The Morgan fingerprint density at radius 1 is 1.30 bits per heavy atom. The Bertz CT molecular complexity index is 409. The highest BCUT2D eigenvalue weighted by atomic mass is 16.5. The average Bonchev–Trinajstić information content (AvgIpc) is 2.45. The van der Waals surface area contributed by atoms with Crippen molar-refractivity contribution in [3.8, 4) is 0 Å². The van der Waals surface area contributed by atoms with Crippen LogP contribution in [-0.2, 0) is 11.3 Å². The molecule has 1 aliphatic heterocycles.